The minimum absolute atomic E-state index is 0.170. The Labute approximate surface area is 384 Å². The molecule has 0 aliphatic heterocycles. The second-order valence-corrected chi connectivity index (χ2v) is 16.8. The van der Waals surface area contributed by atoms with Gasteiger partial charge in [0.05, 0.1) is 112 Å². The molecular weight excluding hydrogens is 841 g/mol. The normalized spacial score (nSPS) is 15.0. The summed E-state index contributed by atoms with van der Waals surface area (Å²) in [4.78, 5) is 45.5. The lowest BCUT2D eigenvalue weighted by molar-refractivity contribution is -0.145. The molecule has 2 fully saturated rings. The molecule has 3 aromatic rings. The minimum atomic E-state index is -0.294. The second kappa shape index (κ2) is 31.5. The Kier molecular flexibility index (Phi) is 25.4. The summed E-state index contributed by atoms with van der Waals surface area (Å²) < 4.78 is 59.2. The smallest absolute Gasteiger partial charge is 0.332 e. The number of nitrogens with zero attached hydrogens (tertiary/aromatic N) is 4. The third-order valence-electron chi connectivity index (χ3n) is 11.9. The zero-order valence-corrected chi connectivity index (χ0v) is 39.2. The summed E-state index contributed by atoms with van der Waals surface area (Å²) in [6, 6.07) is 7.87. The molecule has 2 aliphatic carbocycles. The van der Waals surface area contributed by atoms with Crippen molar-refractivity contribution in [3.63, 3.8) is 0 Å². The van der Waals surface area contributed by atoms with Crippen LogP contribution in [0, 0.1) is 11.8 Å². The molecule has 17 nitrogen and oxygen atoms in total. The zero-order chi connectivity index (χ0) is 45.7. The van der Waals surface area contributed by atoms with Gasteiger partial charge in [-0.1, -0.05) is 62.8 Å². The number of imidazole rings is 1. The van der Waals surface area contributed by atoms with Crippen molar-refractivity contribution in [3.8, 4) is 11.4 Å². The maximum absolute atomic E-state index is 14.0. The average molecular weight is 917 g/mol. The number of aromatic nitrogens is 4. The van der Waals surface area contributed by atoms with Crippen molar-refractivity contribution >= 4 is 17.1 Å². The fourth-order valence-corrected chi connectivity index (χ4v) is 8.34. The van der Waals surface area contributed by atoms with Crippen LogP contribution in [-0.2, 0) is 78.7 Å². The van der Waals surface area contributed by atoms with Gasteiger partial charge in [-0.3, -0.25) is 18.7 Å². The first-order valence-corrected chi connectivity index (χ1v) is 24.0. The van der Waals surface area contributed by atoms with Crippen LogP contribution in [0.5, 0.6) is 0 Å². The summed E-state index contributed by atoms with van der Waals surface area (Å²) in [6.45, 7) is 9.38. The monoisotopic (exact) mass is 917 g/mol. The van der Waals surface area contributed by atoms with Crippen molar-refractivity contribution in [2.75, 3.05) is 126 Å². The Bertz CT molecular complexity index is 1870. The van der Waals surface area contributed by atoms with Gasteiger partial charge in [0.15, 0.2) is 11.2 Å². The van der Waals surface area contributed by atoms with Gasteiger partial charge in [0, 0.05) is 39.2 Å². The standard InChI is InChI=1S/C48H76N4O13/c1-50-44-46(51(37-40-9-5-3-6-10-40)48(55)52(47(44)54)38-41-11-7-4-8-12-41)49-45(50)42-16-13-39(14-17-42)15-18-43(53)65-36-35-64-34-33-63-32-31-62-30-29-61-28-27-60-26-25-59-24-23-58-22-21-57-20-19-56-2/h13-14,16-17,40-41H,3-12,15,18-38H2,1-2H3. The quantitative estimate of drug-likeness (QED) is 0.0572. The third kappa shape index (κ3) is 18.9. The average Bonchev–Trinajstić information content (AvgIpc) is 3.68. The molecule has 0 unspecified atom stereocenters. The van der Waals surface area contributed by atoms with E-state index in [1.165, 1.54) is 30.3 Å². The summed E-state index contributed by atoms with van der Waals surface area (Å²) in [5.41, 5.74) is 2.30. The van der Waals surface area contributed by atoms with Gasteiger partial charge in [-0.25, -0.2) is 9.78 Å². The van der Waals surface area contributed by atoms with Crippen molar-refractivity contribution < 1.29 is 52.2 Å². The van der Waals surface area contributed by atoms with Gasteiger partial charge in [-0.15, -0.1) is 0 Å². The summed E-state index contributed by atoms with van der Waals surface area (Å²) in [6.07, 6.45) is 12.1. The molecule has 65 heavy (non-hydrogen) atoms. The maximum Gasteiger partial charge on any atom is 0.332 e. The Morgan fingerprint density at radius 2 is 0.985 bits per heavy atom. The molecule has 0 radical (unpaired) electrons. The van der Waals surface area contributed by atoms with Gasteiger partial charge < -0.3 is 51.9 Å². The lowest BCUT2D eigenvalue weighted by Crippen LogP contribution is -2.43. The molecule has 5 rings (SSSR count). The number of hydrogen-bond acceptors (Lipinski definition) is 14. The number of aryl methyl sites for hydroxylation is 2. The van der Waals surface area contributed by atoms with E-state index in [4.69, 9.17) is 52.4 Å². The molecule has 0 atom stereocenters. The molecule has 2 aliphatic rings. The highest BCUT2D eigenvalue weighted by Crippen LogP contribution is 2.28. The van der Waals surface area contributed by atoms with E-state index < -0.39 is 0 Å². The zero-order valence-electron chi connectivity index (χ0n) is 39.2. The minimum Gasteiger partial charge on any atom is -0.463 e. The molecule has 0 bridgehead atoms. The molecule has 1 aromatic carbocycles. The van der Waals surface area contributed by atoms with Gasteiger partial charge in [-0.05, 0) is 49.5 Å². The Morgan fingerprint density at radius 3 is 1.43 bits per heavy atom. The fourth-order valence-electron chi connectivity index (χ4n) is 8.34. The van der Waals surface area contributed by atoms with Gasteiger partial charge in [0.2, 0.25) is 0 Å². The molecule has 2 aromatic heterocycles. The fraction of sp³-hybridized carbons (Fsp3) is 0.750. The molecule has 0 N–H and O–H groups in total. The number of carbonyl (C=O) groups excluding carboxylic acids is 1. The highest BCUT2D eigenvalue weighted by Gasteiger charge is 2.25. The number of esters is 1. The summed E-state index contributed by atoms with van der Waals surface area (Å²) in [5, 5.41) is 0. The van der Waals surface area contributed by atoms with Crippen LogP contribution in [0.25, 0.3) is 22.6 Å². The van der Waals surface area contributed by atoms with Crippen LogP contribution >= 0.6 is 0 Å². The Morgan fingerprint density at radius 1 is 0.569 bits per heavy atom. The lowest BCUT2D eigenvalue weighted by Gasteiger charge is -2.24. The number of carbonyl (C=O) groups is 1. The van der Waals surface area contributed by atoms with Crippen LogP contribution in [0.15, 0.2) is 33.9 Å². The highest BCUT2D eigenvalue weighted by atomic mass is 16.6. The first kappa shape index (κ1) is 52.4. The van der Waals surface area contributed by atoms with E-state index >= 15 is 0 Å². The van der Waals surface area contributed by atoms with E-state index in [0.29, 0.717) is 154 Å². The second-order valence-electron chi connectivity index (χ2n) is 16.8. The SMILES string of the molecule is COCCOCCOCCOCCOCCOCCOCCOCCOCCOC(=O)CCc1ccc(-c2nc3c(c(=O)n(CC4CCCCC4)c(=O)n3CC3CCCCC3)n2C)cc1. The third-order valence-corrected chi connectivity index (χ3v) is 11.9. The maximum atomic E-state index is 14.0. The van der Waals surface area contributed by atoms with Crippen molar-refractivity contribution in [1.29, 1.82) is 0 Å². The first-order valence-electron chi connectivity index (χ1n) is 24.0. The van der Waals surface area contributed by atoms with Crippen molar-refractivity contribution in [3.05, 3.63) is 50.7 Å². The summed E-state index contributed by atoms with van der Waals surface area (Å²) in [7, 11) is 3.51. The van der Waals surface area contributed by atoms with E-state index in [0.717, 1.165) is 49.7 Å². The Hall–Kier alpha value is -3.52. The van der Waals surface area contributed by atoms with E-state index in [-0.39, 0.29) is 36.9 Å². The molecular formula is C48H76N4O13. The number of benzene rings is 1. The predicted octanol–water partition coefficient (Wildman–Crippen LogP) is 4.98. The molecule has 0 saturated heterocycles. The van der Waals surface area contributed by atoms with E-state index in [9.17, 15) is 14.4 Å². The number of fused-ring (bicyclic) bond motifs is 1. The van der Waals surface area contributed by atoms with Crippen molar-refractivity contribution in [1.82, 2.24) is 18.7 Å². The van der Waals surface area contributed by atoms with Crippen molar-refractivity contribution in [2.45, 2.75) is 90.1 Å². The lowest BCUT2D eigenvalue weighted by atomic mass is 9.89. The molecule has 2 heterocycles. The Balaban J connectivity index is 0.889. The van der Waals surface area contributed by atoms with Gasteiger partial charge in [0.1, 0.15) is 12.4 Å². The number of ether oxygens (including phenoxy) is 10. The summed E-state index contributed by atoms with van der Waals surface area (Å²) >= 11 is 0. The van der Waals surface area contributed by atoms with Crippen LogP contribution in [0.1, 0.15) is 76.2 Å². The van der Waals surface area contributed by atoms with E-state index in [2.05, 4.69) is 0 Å². The highest BCUT2D eigenvalue weighted by molar-refractivity contribution is 5.77. The molecule has 17 heteroatoms. The number of hydrogen-bond donors (Lipinski definition) is 0. The number of methoxy groups -OCH3 is 1. The molecule has 0 amide bonds. The van der Waals surface area contributed by atoms with E-state index in [1.54, 1.807) is 11.7 Å². The van der Waals surface area contributed by atoms with Crippen LogP contribution in [0.2, 0.25) is 0 Å². The van der Waals surface area contributed by atoms with Crippen LogP contribution in [-0.4, -0.2) is 151 Å². The van der Waals surface area contributed by atoms with Crippen LogP contribution in [0.3, 0.4) is 0 Å². The van der Waals surface area contributed by atoms with Gasteiger partial charge in [-0.2, -0.15) is 0 Å². The molecule has 2 saturated carbocycles. The number of rotatable bonds is 35. The van der Waals surface area contributed by atoms with E-state index in [1.807, 2.05) is 35.9 Å². The van der Waals surface area contributed by atoms with Crippen LogP contribution < -0.4 is 11.2 Å². The van der Waals surface area contributed by atoms with Crippen molar-refractivity contribution in [2.24, 2.45) is 18.9 Å². The van der Waals surface area contributed by atoms with Gasteiger partial charge in [0.25, 0.3) is 5.56 Å². The summed E-state index contributed by atoms with van der Waals surface area (Å²) in [5.74, 6) is 1.10. The van der Waals surface area contributed by atoms with Gasteiger partial charge >= 0.3 is 11.7 Å². The largest absolute Gasteiger partial charge is 0.463 e. The van der Waals surface area contributed by atoms with Crippen LogP contribution in [0.4, 0.5) is 0 Å². The molecule has 0 spiro atoms. The topological polar surface area (TPSA) is 171 Å². The first-order chi connectivity index (χ1) is 32.0. The predicted molar refractivity (Wildman–Crippen MR) is 246 cm³/mol. The molecule has 366 valence electrons.